The minimum atomic E-state index is -0.554. The molecule has 1 aliphatic rings. The van der Waals surface area contributed by atoms with Gasteiger partial charge in [-0.25, -0.2) is 0 Å². The van der Waals surface area contributed by atoms with Crippen LogP contribution in [-0.4, -0.2) is 41.7 Å². The van der Waals surface area contributed by atoms with Crippen LogP contribution in [-0.2, 0) is 16.0 Å². The Labute approximate surface area is 143 Å². The molecule has 1 heterocycles. The van der Waals surface area contributed by atoms with Crippen molar-refractivity contribution in [3.8, 4) is 0 Å². The van der Waals surface area contributed by atoms with Gasteiger partial charge in [0.05, 0.1) is 11.8 Å². The van der Waals surface area contributed by atoms with Gasteiger partial charge in [0, 0.05) is 25.0 Å². The molecule has 2 rings (SSSR count). The zero-order chi connectivity index (χ0) is 16.9. The lowest BCUT2D eigenvalue weighted by molar-refractivity contribution is -0.132. The topological polar surface area (TPSA) is 49.4 Å². The third-order valence-corrected chi connectivity index (χ3v) is 5.00. The zero-order valence-electron chi connectivity index (χ0n) is 13.8. The average molecular weight is 337 g/mol. The first-order chi connectivity index (χ1) is 10.9. The molecule has 1 fully saturated rings. The lowest BCUT2D eigenvalue weighted by atomic mass is 9.93. The molecule has 1 aliphatic heterocycles. The molecule has 1 aromatic carbocycles. The molecule has 23 heavy (non-hydrogen) atoms. The van der Waals surface area contributed by atoms with E-state index in [1.807, 2.05) is 49.1 Å². The Morgan fingerprint density at radius 2 is 1.83 bits per heavy atom. The number of alkyl halides is 1. The second-order valence-electron chi connectivity index (χ2n) is 6.81. The number of halogens is 1. The SMILES string of the molecule is CC(C)(CCl)C(=O)NC1CCN(C(=O)Cc2ccccc2)CC1. The molecule has 4 nitrogen and oxygen atoms in total. The Hall–Kier alpha value is -1.55. The van der Waals surface area contributed by atoms with Crippen LogP contribution in [0.25, 0.3) is 0 Å². The van der Waals surface area contributed by atoms with Crippen LogP contribution in [0.5, 0.6) is 0 Å². The van der Waals surface area contributed by atoms with E-state index in [4.69, 9.17) is 11.6 Å². The van der Waals surface area contributed by atoms with E-state index in [9.17, 15) is 9.59 Å². The number of nitrogens with zero attached hydrogens (tertiary/aromatic N) is 1. The maximum atomic E-state index is 12.3. The highest BCUT2D eigenvalue weighted by Crippen LogP contribution is 2.19. The Balaban J connectivity index is 1.79. The lowest BCUT2D eigenvalue weighted by Crippen LogP contribution is -2.50. The van der Waals surface area contributed by atoms with Gasteiger partial charge in [0.1, 0.15) is 0 Å². The highest BCUT2D eigenvalue weighted by atomic mass is 35.5. The smallest absolute Gasteiger partial charge is 0.227 e. The van der Waals surface area contributed by atoms with E-state index in [0.29, 0.717) is 25.4 Å². The highest BCUT2D eigenvalue weighted by Gasteiger charge is 2.30. The van der Waals surface area contributed by atoms with Gasteiger partial charge in [0.2, 0.25) is 11.8 Å². The van der Waals surface area contributed by atoms with E-state index in [-0.39, 0.29) is 17.9 Å². The first-order valence-electron chi connectivity index (χ1n) is 8.11. The summed E-state index contributed by atoms with van der Waals surface area (Å²) >= 11 is 5.83. The maximum absolute atomic E-state index is 12.3. The van der Waals surface area contributed by atoms with E-state index in [0.717, 1.165) is 18.4 Å². The van der Waals surface area contributed by atoms with Crippen molar-refractivity contribution in [1.29, 1.82) is 0 Å². The summed E-state index contributed by atoms with van der Waals surface area (Å²) in [6.45, 7) is 5.07. The van der Waals surface area contributed by atoms with Gasteiger partial charge in [-0.05, 0) is 32.3 Å². The van der Waals surface area contributed by atoms with Crippen molar-refractivity contribution in [3.63, 3.8) is 0 Å². The van der Waals surface area contributed by atoms with Crippen molar-refractivity contribution in [3.05, 3.63) is 35.9 Å². The van der Waals surface area contributed by atoms with Crippen LogP contribution in [0.2, 0.25) is 0 Å². The van der Waals surface area contributed by atoms with Crippen LogP contribution in [0.3, 0.4) is 0 Å². The number of rotatable bonds is 5. The van der Waals surface area contributed by atoms with E-state index < -0.39 is 5.41 Å². The summed E-state index contributed by atoms with van der Waals surface area (Å²) in [5.41, 5.74) is 0.485. The molecular weight excluding hydrogens is 312 g/mol. The Bertz CT molecular complexity index is 537. The normalized spacial score (nSPS) is 16.2. The predicted molar refractivity (Wildman–Crippen MR) is 92.4 cm³/mol. The lowest BCUT2D eigenvalue weighted by Gasteiger charge is -2.34. The molecule has 0 aliphatic carbocycles. The fraction of sp³-hybridized carbons (Fsp3) is 0.556. The van der Waals surface area contributed by atoms with Crippen LogP contribution < -0.4 is 5.32 Å². The predicted octanol–water partition coefficient (Wildman–Crippen LogP) is 2.60. The molecule has 2 amide bonds. The van der Waals surface area contributed by atoms with Crippen LogP contribution >= 0.6 is 11.6 Å². The average Bonchev–Trinajstić information content (AvgIpc) is 2.56. The van der Waals surface area contributed by atoms with Gasteiger partial charge in [-0.15, -0.1) is 11.6 Å². The quantitative estimate of drug-likeness (QED) is 0.840. The molecule has 0 atom stereocenters. The first-order valence-corrected chi connectivity index (χ1v) is 8.64. The fourth-order valence-electron chi connectivity index (χ4n) is 2.60. The van der Waals surface area contributed by atoms with Gasteiger partial charge in [-0.1, -0.05) is 30.3 Å². The van der Waals surface area contributed by atoms with E-state index >= 15 is 0 Å². The largest absolute Gasteiger partial charge is 0.353 e. The van der Waals surface area contributed by atoms with Gasteiger partial charge in [0.25, 0.3) is 0 Å². The van der Waals surface area contributed by atoms with Crippen molar-refractivity contribution in [2.24, 2.45) is 5.41 Å². The van der Waals surface area contributed by atoms with Crippen LogP contribution in [0, 0.1) is 5.41 Å². The number of hydrogen-bond acceptors (Lipinski definition) is 2. The minimum absolute atomic E-state index is 0.0124. The van der Waals surface area contributed by atoms with E-state index in [2.05, 4.69) is 5.32 Å². The minimum Gasteiger partial charge on any atom is -0.353 e. The number of hydrogen-bond donors (Lipinski definition) is 1. The zero-order valence-corrected chi connectivity index (χ0v) is 14.6. The van der Waals surface area contributed by atoms with Gasteiger partial charge >= 0.3 is 0 Å². The van der Waals surface area contributed by atoms with Crippen molar-refractivity contribution in [2.75, 3.05) is 19.0 Å². The monoisotopic (exact) mass is 336 g/mol. The van der Waals surface area contributed by atoms with Crippen molar-refractivity contribution >= 4 is 23.4 Å². The second kappa shape index (κ2) is 7.82. The molecule has 0 bridgehead atoms. The van der Waals surface area contributed by atoms with Crippen molar-refractivity contribution < 1.29 is 9.59 Å². The molecule has 0 aromatic heterocycles. The first kappa shape index (κ1) is 17.8. The number of likely N-dealkylation sites (tertiary alicyclic amines) is 1. The van der Waals surface area contributed by atoms with Crippen LogP contribution in [0.1, 0.15) is 32.3 Å². The summed E-state index contributed by atoms with van der Waals surface area (Å²) in [5, 5.41) is 3.06. The second-order valence-corrected chi connectivity index (χ2v) is 7.08. The summed E-state index contributed by atoms with van der Waals surface area (Å²) in [6.07, 6.45) is 2.03. The van der Waals surface area contributed by atoms with Crippen molar-refractivity contribution in [2.45, 2.75) is 39.2 Å². The van der Waals surface area contributed by atoms with E-state index in [1.54, 1.807) is 0 Å². The fourth-order valence-corrected chi connectivity index (χ4v) is 2.72. The third kappa shape index (κ3) is 4.96. The maximum Gasteiger partial charge on any atom is 0.227 e. The van der Waals surface area contributed by atoms with Gasteiger partial charge < -0.3 is 10.2 Å². The summed E-state index contributed by atoms with van der Waals surface area (Å²) in [6, 6.07) is 9.92. The Kier molecular flexibility index (Phi) is 6.05. The summed E-state index contributed by atoms with van der Waals surface area (Å²) in [4.78, 5) is 26.4. The number of piperidine rings is 1. The number of carbonyl (C=O) groups excluding carboxylic acids is 2. The summed E-state index contributed by atoms with van der Waals surface area (Å²) in [7, 11) is 0. The molecule has 1 aromatic rings. The van der Waals surface area contributed by atoms with Crippen LogP contribution in [0.15, 0.2) is 30.3 Å². The standard InChI is InChI=1S/C18H25ClN2O2/c1-18(2,13-19)17(23)20-15-8-10-21(11-9-15)16(22)12-14-6-4-3-5-7-14/h3-7,15H,8-13H2,1-2H3,(H,20,23). The van der Waals surface area contributed by atoms with Gasteiger partial charge in [-0.3, -0.25) is 9.59 Å². The number of carbonyl (C=O) groups is 2. The number of amides is 2. The van der Waals surface area contributed by atoms with Gasteiger partial charge in [-0.2, -0.15) is 0 Å². The van der Waals surface area contributed by atoms with Gasteiger partial charge in [0.15, 0.2) is 0 Å². The Morgan fingerprint density at radius 3 is 2.39 bits per heavy atom. The molecule has 1 N–H and O–H groups in total. The molecule has 5 heteroatoms. The molecular formula is C18H25ClN2O2. The molecule has 126 valence electrons. The molecule has 0 radical (unpaired) electrons. The Morgan fingerprint density at radius 1 is 1.22 bits per heavy atom. The molecule has 1 saturated heterocycles. The van der Waals surface area contributed by atoms with E-state index in [1.165, 1.54) is 0 Å². The number of benzene rings is 1. The van der Waals surface area contributed by atoms with Crippen molar-refractivity contribution in [1.82, 2.24) is 10.2 Å². The number of nitrogens with one attached hydrogen (secondary N) is 1. The van der Waals surface area contributed by atoms with Crippen LogP contribution in [0.4, 0.5) is 0 Å². The summed E-state index contributed by atoms with van der Waals surface area (Å²) in [5.74, 6) is 0.441. The molecule has 0 spiro atoms. The summed E-state index contributed by atoms with van der Waals surface area (Å²) < 4.78 is 0. The molecule has 0 unspecified atom stereocenters. The third-order valence-electron chi connectivity index (χ3n) is 4.33. The molecule has 0 saturated carbocycles. The highest BCUT2D eigenvalue weighted by molar-refractivity contribution is 6.19.